The summed E-state index contributed by atoms with van der Waals surface area (Å²) in [5.41, 5.74) is 22.0. The molecule has 4 fully saturated rings. The molecule has 0 bridgehead atoms. The van der Waals surface area contributed by atoms with Gasteiger partial charge in [0, 0.05) is 151 Å². The number of fused-ring (bicyclic) bond motifs is 8. The van der Waals surface area contributed by atoms with Crippen molar-refractivity contribution in [1.29, 1.82) is 0 Å². The molecule has 4 aliphatic rings. The number of carbonyl (C=O) groups is 1. The number of hydrogen-bond acceptors (Lipinski definition) is 22. The minimum atomic E-state index is -0.484. The first-order valence-electron chi connectivity index (χ1n) is 44.7. The van der Waals surface area contributed by atoms with Gasteiger partial charge >= 0.3 is 6.09 Å². The van der Waals surface area contributed by atoms with Crippen LogP contribution in [0.3, 0.4) is 0 Å². The number of amides is 1. The molecule has 2 aliphatic carbocycles. The quantitative estimate of drug-likeness (QED) is 0.0817. The van der Waals surface area contributed by atoms with Crippen molar-refractivity contribution in [2.45, 2.75) is 174 Å². The van der Waals surface area contributed by atoms with Crippen LogP contribution in [0, 0.1) is 0 Å². The van der Waals surface area contributed by atoms with E-state index >= 15 is 0 Å². The number of ether oxygens (including phenoxy) is 1. The van der Waals surface area contributed by atoms with E-state index in [1.54, 1.807) is 42.1 Å². The third-order valence-corrected chi connectivity index (χ3v) is 25.3. The number of aromatic nitrogens is 31. The number of likely N-dealkylation sites (tertiary alicyclic amines) is 2. The van der Waals surface area contributed by atoms with Gasteiger partial charge in [0.2, 0.25) is 5.78 Å². The van der Waals surface area contributed by atoms with Gasteiger partial charge in [-0.3, -0.25) is 61.8 Å². The van der Waals surface area contributed by atoms with Gasteiger partial charge in [-0.05, 0) is 145 Å². The largest absolute Gasteiger partial charge is 0.444 e. The molecule has 2 saturated carbocycles. The van der Waals surface area contributed by atoms with E-state index in [4.69, 9.17) is 4.74 Å². The standard InChI is InChI=1S/C27H30N8O2.C23H25N9.2C22H22N8.ClH/c1-27(2,3)37-26(36)32-10-7-21(8-11-32)34-17-20(14-30-34)19-12-24-23(28-13-19)16-31-35(24)18-22-15-29-25-6-4-5-9-33(22)25;1-2-29-8-4-19(5-9-29)31-15-18(12-27-31)17-10-22-21(25-11-17)14-28-32(22)16-20-13-26-23-24-6-3-7-30(20)23;2*1-2-5-18(6-3-1)28-14-17(11-26-28)16-9-21-20(23-10-16)13-27-29(21)15-19-12-24-22-7-4-8-25-30(19)22;/h4-6,9,12-17,21H,7-8,10-11,18H2,1-3H3;3,6-7,10-15,19H,2,4-5,8-9,16H2,1H3;2*4,7-14,18H,1-3,5-6,15H2;1H. The van der Waals surface area contributed by atoms with E-state index in [9.17, 15) is 4.79 Å². The fourth-order valence-corrected chi connectivity index (χ4v) is 18.2. The number of carbonyl (C=O) groups excluding carboxylic acids is 1. The number of hydrogen-bond donors (Lipinski definition) is 0. The fraction of sp³-hybridized carbons (Fsp3) is 0.340. The highest BCUT2D eigenvalue weighted by Gasteiger charge is 2.30. The molecule has 36 heteroatoms. The number of piperidine rings is 2. The topological polar surface area (TPSA) is 335 Å². The van der Waals surface area contributed by atoms with Crippen LogP contribution in [0.4, 0.5) is 4.79 Å². The molecule has 0 spiro atoms. The summed E-state index contributed by atoms with van der Waals surface area (Å²) >= 11 is 0. The zero-order chi connectivity index (χ0) is 86.9. The van der Waals surface area contributed by atoms with Crippen molar-refractivity contribution < 1.29 is 9.53 Å². The molecule has 20 aromatic heterocycles. The van der Waals surface area contributed by atoms with E-state index in [0.29, 0.717) is 63.2 Å². The Balaban J connectivity index is 0.000000108. The van der Waals surface area contributed by atoms with Gasteiger partial charge in [-0.1, -0.05) is 51.5 Å². The van der Waals surface area contributed by atoms with Gasteiger partial charge in [-0.2, -0.15) is 51.0 Å². The molecule has 2 aliphatic heterocycles. The van der Waals surface area contributed by atoms with Crippen molar-refractivity contribution in [3.05, 3.63) is 250 Å². The van der Waals surface area contributed by atoms with E-state index in [1.807, 2.05) is 199 Å². The van der Waals surface area contributed by atoms with Gasteiger partial charge in [0.15, 0.2) is 11.3 Å². The van der Waals surface area contributed by atoms with Crippen LogP contribution in [-0.4, -0.2) is 205 Å². The van der Waals surface area contributed by atoms with Crippen molar-refractivity contribution in [2.24, 2.45) is 0 Å². The van der Waals surface area contributed by atoms with Gasteiger partial charge in [0.1, 0.15) is 33.3 Å². The lowest BCUT2D eigenvalue weighted by molar-refractivity contribution is 0.0184. The van der Waals surface area contributed by atoms with Crippen LogP contribution in [0.1, 0.15) is 165 Å². The maximum Gasteiger partial charge on any atom is 0.410 e. The van der Waals surface area contributed by atoms with Crippen molar-refractivity contribution in [3.8, 4) is 44.5 Å². The average molecular weight is 1760 g/mol. The lowest BCUT2D eigenvalue weighted by Crippen LogP contribution is -2.42. The summed E-state index contributed by atoms with van der Waals surface area (Å²) in [5, 5.41) is 45.7. The zero-order valence-electron chi connectivity index (χ0n) is 72.9. The van der Waals surface area contributed by atoms with Crippen molar-refractivity contribution in [3.63, 3.8) is 0 Å². The Morgan fingerprint density at radius 3 is 1.16 bits per heavy atom. The molecule has 35 nitrogen and oxygen atoms in total. The highest BCUT2D eigenvalue weighted by molar-refractivity contribution is 5.86. The second-order valence-corrected chi connectivity index (χ2v) is 34.8. The summed E-state index contributed by atoms with van der Waals surface area (Å²) in [6.07, 6.45) is 64.3. The van der Waals surface area contributed by atoms with Crippen molar-refractivity contribution in [1.82, 2.24) is 161 Å². The van der Waals surface area contributed by atoms with E-state index in [2.05, 4.69) is 175 Å². The van der Waals surface area contributed by atoms with Gasteiger partial charge in [0.25, 0.3) is 0 Å². The van der Waals surface area contributed by atoms with Gasteiger partial charge < -0.3 is 18.9 Å². The van der Waals surface area contributed by atoms with Crippen LogP contribution >= 0.6 is 12.4 Å². The molecule has 2 saturated heterocycles. The van der Waals surface area contributed by atoms with Crippen LogP contribution in [0.5, 0.6) is 0 Å². The average Bonchev–Trinajstić information content (AvgIpc) is 1.63. The lowest BCUT2D eigenvalue weighted by atomic mass is 9.96. The Hall–Kier alpha value is -14.6. The molecule has 130 heavy (non-hydrogen) atoms. The maximum atomic E-state index is 12.4. The van der Waals surface area contributed by atoms with E-state index in [1.165, 1.54) is 64.2 Å². The predicted molar refractivity (Wildman–Crippen MR) is 494 cm³/mol. The Morgan fingerprint density at radius 1 is 0.354 bits per heavy atom. The molecule has 0 unspecified atom stereocenters. The first-order valence-corrected chi connectivity index (χ1v) is 44.7. The van der Waals surface area contributed by atoms with E-state index in [0.717, 1.165) is 174 Å². The first-order chi connectivity index (χ1) is 63.3. The summed E-state index contributed by atoms with van der Waals surface area (Å²) in [6.45, 7) is 15.0. The van der Waals surface area contributed by atoms with Crippen LogP contribution < -0.4 is 0 Å². The highest BCUT2D eigenvalue weighted by Crippen LogP contribution is 2.35. The van der Waals surface area contributed by atoms with Crippen LogP contribution in [0.25, 0.3) is 111 Å². The molecular formula is C94H100ClN33O2. The summed E-state index contributed by atoms with van der Waals surface area (Å²) in [5.74, 6) is 0.690. The molecule has 660 valence electrons. The second kappa shape index (κ2) is 36.6. The van der Waals surface area contributed by atoms with Crippen LogP contribution in [0.2, 0.25) is 0 Å². The fourth-order valence-electron chi connectivity index (χ4n) is 18.2. The maximum absolute atomic E-state index is 12.4. The van der Waals surface area contributed by atoms with E-state index < -0.39 is 5.60 Å². The molecule has 0 aromatic carbocycles. The smallest absolute Gasteiger partial charge is 0.410 e. The summed E-state index contributed by atoms with van der Waals surface area (Å²) in [7, 11) is 0. The highest BCUT2D eigenvalue weighted by atomic mass is 35.5. The number of halogens is 1. The SMILES string of the molecule is CC(C)(C)OC(=O)N1CCC(n2cc(-c3cnc4cnn(Cc5cnc6ccccn56)c4c3)cn2)CC1.CCN1CCC(n2cc(-c3cnc4cnn(Cc5cnc6ncccn56)c4c3)cn2)CC1.Cl.c1cnn2c(Cn3ncc4ncc(-c5cnn(C6CCCCC6)c5)cc43)cnc2c1.c1cnn2c(Cn3ncc4ncc(-c5cnn(C6CCCCC6)c5)cc43)cnc2c1. The van der Waals surface area contributed by atoms with Crippen molar-refractivity contribution in [2.75, 3.05) is 32.7 Å². The Labute approximate surface area is 752 Å². The van der Waals surface area contributed by atoms with Crippen LogP contribution in [0.15, 0.2) is 228 Å². The van der Waals surface area contributed by atoms with Crippen molar-refractivity contribution >= 4 is 85.4 Å². The summed E-state index contributed by atoms with van der Waals surface area (Å²) < 4.78 is 29.5. The molecule has 0 N–H and O–H groups in total. The Morgan fingerprint density at radius 2 is 0.731 bits per heavy atom. The number of pyridine rings is 5. The normalized spacial score (nSPS) is 15.2. The Bertz CT molecular complexity index is 7110. The number of rotatable bonds is 17. The minimum Gasteiger partial charge on any atom is -0.444 e. The van der Waals surface area contributed by atoms with Gasteiger partial charge in [0.05, 0.1) is 170 Å². The molecule has 1 amide bonds. The molecule has 0 atom stereocenters. The molecule has 24 rings (SSSR count). The monoisotopic (exact) mass is 1760 g/mol. The second-order valence-electron chi connectivity index (χ2n) is 34.8. The van der Waals surface area contributed by atoms with Gasteiger partial charge in [-0.15, -0.1) is 12.4 Å². The molecular weight excluding hydrogens is 1660 g/mol. The predicted octanol–water partition coefficient (Wildman–Crippen LogP) is 15.8. The minimum absolute atomic E-state index is 0. The van der Waals surface area contributed by atoms with E-state index in [-0.39, 0.29) is 24.5 Å². The zero-order valence-corrected chi connectivity index (χ0v) is 73.7. The molecule has 22 heterocycles. The number of imidazole rings is 4. The number of nitrogens with zero attached hydrogens (tertiary/aromatic N) is 33. The molecule has 20 aromatic rings. The third-order valence-electron chi connectivity index (χ3n) is 25.3. The lowest BCUT2D eigenvalue weighted by Gasteiger charge is -2.33. The van der Waals surface area contributed by atoms with Crippen LogP contribution in [-0.2, 0) is 30.9 Å². The first kappa shape index (κ1) is 83.6. The third kappa shape index (κ3) is 17.7. The van der Waals surface area contributed by atoms with Gasteiger partial charge in [-0.25, -0.2) is 38.7 Å². The molecule has 0 radical (unpaired) electrons. The Kier molecular flexibility index (Phi) is 23.6. The summed E-state index contributed by atoms with van der Waals surface area (Å²) in [6, 6.07) is 25.9. The summed E-state index contributed by atoms with van der Waals surface area (Å²) in [4.78, 5) is 57.3.